The van der Waals surface area contributed by atoms with Gasteiger partial charge in [0.2, 0.25) is 0 Å². The van der Waals surface area contributed by atoms with Crippen molar-refractivity contribution in [3.63, 3.8) is 0 Å². The van der Waals surface area contributed by atoms with E-state index in [0.717, 1.165) is 0 Å². The average Bonchev–Trinajstić information content (AvgIpc) is 0. The largest absolute Gasteiger partial charge is 2.00 e. The van der Waals surface area contributed by atoms with Crippen molar-refractivity contribution in [1.82, 2.24) is 0 Å². The molecule has 5 radical (unpaired) electrons. The van der Waals surface area contributed by atoms with Gasteiger partial charge in [0.25, 0.3) is 0 Å². The Bertz CT molecular complexity index is 13.8. The first-order valence-electron chi connectivity index (χ1n) is 0. The Morgan fingerprint density at radius 1 is 0.133 bits per heavy atom. The number of rotatable bonds is 0. The van der Waals surface area contributed by atoms with E-state index >= 15 is 0 Å². The summed E-state index contributed by atoms with van der Waals surface area (Å²) in [6.45, 7) is 0. The molecular weight excluding hydrogens is 629 g/mol. The van der Waals surface area contributed by atoms with Crippen LogP contribution in [0, 0.1) is 0 Å². The monoisotopic (exact) mass is 624 g/mol. The molecule has 0 aromatic heterocycles. The summed E-state index contributed by atoms with van der Waals surface area (Å²) in [7, 11) is 0. The molecule has 0 aliphatic heterocycles. The quantitative estimate of drug-likeness (QED) is 0.234. The van der Waals surface area contributed by atoms with Gasteiger partial charge in [0, 0.05) is 0 Å². The predicted molar refractivity (Wildman–Crippen MR) is 0 cm³/mol. The molecule has 0 aliphatic rings. The van der Waals surface area contributed by atoms with Gasteiger partial charge in [-0.3, -0.25) is 0 Å². The van der Waals surface area contributed by atoms with E-state index in [1.54, 1.807) is 0 Å². The molecule has 0 aromatic carbocycles. The predicted octanol–water partition coefficient (Wildman–Crippen LogP) is -30.0. The summed E-state index contributed by atoms with van der Waals surface area (Å²) in [5.41, 5.74) is 0. The summed E-state index contributed by atoms with van der Waals surface area (Å²) >= 11 is 0. The molecule has 0 unspecified atom stereocenters. The van der Waals surface area contributed by atoms with Gasteiger partial charge < -0.3 is 124 Å². The molecule has 0 aromatic rings. The third kappa shape index (κ3) is 198. The first-order chi connectivity index (χ1) is 0. The van der Waals surface area contributed by atoms with Crippen LogP contribution in [0.2, 0.25) is 0 Å². The van der Waals surface area contributed by atoms with Crippen LogP contribution < -0.4 is 124 Å². The second-order valence-corrected chi connectivity index (χ2v) is 0. The number of hydrogen-bond donors (Lipinski definition) is 0. The maximum Gasteiger partial charge on any atom is 2.00 e. The molecule has 0 fully saturated rings. The van der Waals surface area contributed by atoms with Gasteiger partial charge in [0.15, 0.2) is 0 Å². The van der Waals surface area contributed by atoms with Gasteiger partial charge in [-0.25, -0.2) is 0 Å². The van der Waals surface area contributed by atoms with Gasteiger partial charge in [-0.1, -0.05) is 0 Å². The molecule has 0 saturated carbocycles. The molecule has 0 bridgehead atoms. The maximum absolute atomic E-state index is 0. The fourth-order valence-electron chi connectivity index (χ4n) is 0. The van der Waals surface area contributed by atoms with Crippen molar-refractivity contribution in [3.8, 4) is 0 Å². The smallest absolute Gasteiger partial charge is 1.00 e. The van der Waals surface area contributed by atoms with Crippen molar-refractivity contribution in [1.29, 1.82) is 0 Å². The van der Waals surface area contributed by atoms with Gasteiger partial charge in [-0.2, -0.15) is 0 Å². The van der Waals surface area contributed by atoms with E-state index < -0.39 is 0 Å². The molecule has 0 rings (SSSR count). The summed E-state index contributed by atoms with van der Waals surface area (Å²) in [5, 5.41) is 0. The Morgan fingerprint density at radius 2 is 0.133 bits per heavy atom. The molecule has 15 heteroatoms. The molecule has 15 heavy (non-hydrogen) atoms. The van der Waals surface area contributed by atoms with Crippen molar-refractivity contribution in [2.24, 2.45) is 0 Å². The molecule has 0 N–H and O–H groups in total. The third-order valence-corrected chi connectivity index (χ3v) is 0. The zero-order chi connectivity index (χ0) is 0. The van der Waals surface area contributed by atoms with Crippen LogP contribution in [0.3, 0.4) is 0 Å². The van der Waals surface area contributed by atoms with E-state index in [4.69, 9.17) is 0 Å². The second-order valence-electron chi connectivity index (χ2n) is 0. The van der Waals surface area contributed by atoms with Gasteiger partial charge >= 0.3 is 85.3 Å². The topological polar surface area (TPSA) is 0 Å². The molecule has 105 valence electrons. The summed E-state index contributed by atoms with van der Waals surface area (Å²) in [6.07, 6.45) is 0. The van der Waals surface area contributed by atoms with Crippen LogP contribution in [-0.2, 0) is 85.3 Å². The van der Waals surface area contributed by atoms with Gasteiger partial charge in [-0.05, 0) is 0 Å². The number of halogens is 10. The third-order valence-electron chi connectivity index (χ3n) is 0. The Morgan fingerprint density at radius 3 is 0.133 bits per heavy atom. The van der Waals surface area contributed by atoms with E-state index in [1.165, 1.54) is 0 Å². The van der Waals surface area contributed by atoms with Crippen LogP contribution in [0.1, 0.15) is 0 Å². The maximum atomic E-state index is 0. The standard InChI is InChI=1S/10ClH.5Mn/h10*1H;;;;;/q;;;;;;;;;;5*+2/p-10. The van der Waals surface area contributed by atoms with Crippen molar-refractivity contribution in [3.05, 3.63) is 0 Å². The van der Waals surface area contributed by atoms with Crippen molar-refractivity contribution in [2.45, 2.75) is 0 Å². The summed E-state index contributed by atoms with van der Waals surface area (Å²) in [5.74, 6) is 0. The minimum atomic E-state index is 0. The summed E-state index contributed by atoms with van der Waals surface area (Å²) in [4.78, 5) is 0. The van der Waals surface area contributed by atoms with Crippen LogP contribution in [0.25, 0.3) is 0 Å². The minimum absolute atomic E-state index is 0. The molecule has 0 spiro atoms. The Kier molecular flexibility index (Phi) is 3790. The molecule has 0 amide bonds. The molecule has 0 atom stereocenters. The van der Waals surface area contributed by atoms with Crippen LogP contribution in [-0.4, -0.2) is 0 Å². The van der Waals surface area contributed by atoms with Gasteiger partial charge in [-0.15, -0.1) is 0 Å². The first kappa shape index (κ1) is 258. The molecule has 0 nitrogen and oxygen atoms in total. The van der Waals surface area contributed by atoms with E-state index in [-0.39, 0.29) is 209 Å². The fourth-order valence-corrected chi connectivity index (χ4v) is 0. The second kappa shape index (κ2) is 221. The van der Waals surface area contributed by atoms with E-state index in [0.29, 0.717) is 0 Å². The zero-order valence-electron chi connectivity index (χ0n) is 5.67. The van der Waals surface area contributed by atoms with E-state index in [2.05, 4.69) is 0 Å². The molecule has 0 saturated heterocycles. The minimum Gasteiger partial charge on any atom is -1.00 e. The first-order valence-corrected chi connectivity index (χ1v) is 0. The fraction of sp³-hybridized carbons (Fsp3) is 0. The van der Waals surface area contributed by atoms with Gasteiger partial charge in [0.05, 0.1) is 0 Å². The Balaban J connectivity index is 0. The van der Waals surface area contributed by atoms with E-state index in [9.17, 15) is 0 Å². The Labute approximate surface area is 206 Å². The normalized spacial score (nSPS) is 0. The van der Waals surface area contributed by atoms with Crippen LogP contribution in [0.4, 0.5) is 0 Å². The van der Waals surface area contributed by atoms with Crippen LogP contribution in [0.15, 0.2) is 0 Å². The number of hydrogen-bond acceptors (Lipinski definition) is 0. The van der Waals surface area contributed by atoms with Crippen LogP contribution in [0.5, 0.6) is 0 Å². The molecular formula is Cl10Mn5. The zero-order valence-corrected chi connectivity index (χ0v) is 19.1. The summed E-state index contributed by atoms with van der Waals surface area (Å²) in [6, 6.07) is 0. The Hall–Kier alpha value is 5.50. The summed E-state index contributed by atoms with van der Waals surface area (Å²) < 4.78 is 0. The van der Waals surface area contributed by atoms with Gasteiger partial charge in [0.1, 0.15) is 0 Å². The van der Waals surface area contributed by atoms with Crippen molar-refractivity contribution >= 4 is 0 Å². The van der Waals surface area contributed by atoms with Crippen molar-refractivity contribution < 1.29 is 209 Å². The van der Waals surface area contributed by atoms with Crippen LogP contribution >= 0.6 is 0 Å². The average molecular weight is 629 g/mol. The molecule has 0 heterocycles. The molecule has 0 aliphatic carbocycles. The van der Waals surface area contributed by atoms with E-state index in [1.807, 2.05) is 0 Å². The SMILES string of the molecule is [Cl-].[Cl-].[Cl-].[Cl-].[Cl-].[Cl-].[Cl-].[Cl-].[Cl-].[Cl-].[Mn+2].[Mn+2].[Mn+2].[Mn+2].[Mn+2]. The van der Waals surface area contributed by atoms with Crippen molar-refractivity contribution in [2.75, 3.05) is 0 Å².